The zero-order valence-corrected chi connectivity index (χ0v) is 13.9. The Balaban J connectivity index is 2.04. The molecule has 1 aromatic carbocycles. The Kier molecular flexibility index (Phi) is 5.43. The maximum atomic E-state index is 11.2. The smallest absolute Gasteiger partial charge is 0.316 e. The van der Waals surface area contributed by atoms with E-state index in [2.05, 4.69) is 14.9 Å². The van der Waals surface area contributed by atoms with Crippen LogP contribution < -0.4 is 4.74 Å². The highest BCUT2D eigenvalue weighted by Gasteiger charge is 2.18. The van der Waals surface area contributed by atoms with Crippen molar-refractivity contribution in [3.63, 3.8) is 0 Å². The molecule has 1 atom stereocenters. The number of carbonyl (C=O) groups excluding carboxylic acids is 1. The lowest BCUT2D eigenvalue weighted by molar-refractivity contribution is -0.137. The molecule has 0 radical (unpaired) electrons. The Morgan fingerprint density at radius 3 is 2.64 bits per heavy atom. The van der Waals surface area contributed by atoms with E-state index >= 15 is 0 Å². The van der Waals surface area contributed by atoms with Crippen LogP contribution in [0.1, 0.15) is 24.4 Å². The summed E-state index contributed by atoms with van der Waals surface area (Å²) in [5.41, 5.74) is 1.18. The van der Waals surface area contributed by atoms with Gasteiger partial charge in [-0.1, -0.05) is 29.5 Å². The van der Waals surface area contributed by atoms with E-state index in [1.54, 1.807) is 0 Å². The summed E-state index contributed by atoms with van der Waals surface area (Å²) in [4.78, 5) is 11.2. The predicted molar refractivity (Wildman–Crippen MR) is 84.0 cm³/mol. The molecule has 1 heterocycles. The van der Waals surface area contributed by atoms with Crippen LogP contribution in [0.15, 0.2) is 29.4 Å². The van der Waals surface area contributed by atoms with E-state index in [1.807, 2.05) is 49.7 Å². The molecule has 1 aromatic heterocycles. The van der Waals surface area contributed by atoms with Gasteiger partial charge in [0.2, 0.25) is 0 Å². The number of hydrogen-bond acceptors (Lipinski definition) is 6. The van der Waals surface area contributed by atoms with Gasteiger partial charge in [0.15, 0.2) is 17.1 Å². The maximum absolute atomic E-state index is 11.2. The van der Waals surface area contributed by atoms with Crippen molar-refractivity contribution in [3.05, 3.63) is 35.7 Å². The fourth-order valence-electron chi connectivity index (χ4n) is 1.86. The summed E-state index contributed by atoms with van der Waals surface area (Å²) >= 11 is 1.29. The van der Waals surface area contributed by atoms with Gasteiger partial charge in [-0.2, -0.15) is 0 Å². The van der Waals surface area contributed by atoms with E-state index in [4.69, 9.17) is 4.74 Å². The van der Waals surface area contributed by atoms with E-state index < -0.39 is 0 Å². The first kappa shape index (κ1) is 16.4. The van der Waals surface area contributed by atoms with Crippen molar-refractivity contribution >= 4 is 17.7 Å². The molecule has 2 aromatic rings. The summed E-state index contributed by atoms with van der Waals surface area (Å²) in [5, 5.41) is 8.89. The van der Waals surface area contributed by atoms with Gasteiger partial charge in [-0.05, 0) is 26.0 Å². The highest BCUT2D eigenvalue weighted by Crippen LogP contribution is 2.23. The molecular formula is C15H19N3O3S. The summed E-state index contributed by atoms with van der Waals surface area (Å²) in [6.45, 7) is 3.94. The van der Waals surface area contributed by atoms with E-state index in [1.165, 1.54) is 24.4 Å². The molecule has 0 spiro atoms. The number of methoxy groups -OCH3 is 1. The molecule has 0 saturated heterocycles. The molecule has 0 N–H and O–H groups in total. The van der Waals surface area contributed by atoms with Crippen LogP contribution in [0.5, 0.6) is 5.75 Å². The Bertz CT molecular complexity index is 640. The molecule has 0 aliphatic heterocycles. The molecule has 0 saturated carbocycles. The van der Waals surface area contributed by atoms with Gasteiger partial charge in [0.05, 0.1) is 12.9 Å². The van der Waals surface area contributed by atoms with Gasteiger partial charge < -0.3 is 14.0 Å². The van der Waals surface area contributed by atoms with E-state index in [9.17, 15) is 4.79 Å². The molecule has 22 heavy (non-hydrogen) atoms. The number of rotatable bonds is 6. The molecule has 118 valence electrons. The maximum Gasteiger partial charge on any atom is 0.316 e. The molecule has 1 unspecified atom stereocenters. The molecule has 6 nitrogen and oxygen atoms in total. The largest absolute Gasteiger partial charge is 0.483 e. The lowest BCUT2D eigenvalue weighted by atomic mass is 10.2. The summed E-state index contributed by atoms with van der Waals surface area (Å²) in [5.74, 6) is 1.40. The Hall–Kier alpha value is -2.02. The third-order valence-corrected chi connectivity index (χ3v) is 4.11. The van der Waals surface area contributed by atoms with E-state index in [-0.39, 0.29) is 17.8 Å². The van der Waals surface area contributed by atoms with Gasteiger partial charge in [0.1, 0.15) is 5.75 Å². The van der Waals surface area contributed by atoms with Crippen LogP contribution >= 0.6 is 11.8 Å². The monoisotopic (exact) mass is 321 g/mol. The normalized spacial score (nSPS) is 12.0. The quantitative estimate of drug-likeness (QED) is 0.602. The second-order valence-corrected chi connectivity index (χ2v) is 5.78. The van der Waals surface area contributed by atoms with Crippen LogP contribution in [-0.2, 0) is 16.6 Å². The Labute approximate surface area is 133 Å². The molecule has 0 amide bonds. The zero-order valence-electron chi connectivity index (χ0n) is 13.1. The van der Waals surface area contributed by atoms with Gasteiger partial charge >= 0.3 is 5.97 Å². The van der Waals surface area contributed by atoms with Gasteiger partial charge in [-0.25, -0.2) is 0 Å². The van der Waals surface area contributed by atoms with Crippen molar-refractivity contribution in [2.24, 2.45) is 7.05 Å². The highest BCUT2D eigenvalue weighted by molar-refractivity contribution is 7.99. The summed E-state index contributed by atoms with van der Waals surface area (Å²) in [6.07, 6.45) is -0.243. The minimum Gasteiger partial charge on any atom is -0.483 e. The number of aryl methyl sites for hydroxylation is 1. The number of thioether (sulfide) groups is 1. The first-order valence-corrected chi connectivity index (χ1v) is 7.82. The fourth-order valence-corrected chi connectivity index (χ4v) is 2.61. The third-order valence-electron chi connectivity index (χ3n) is 3.11. The van der Waals surface area contributed by atoms with Gasteiger partial charge in [0.25, 0.3) is 0 Å². The fraction of sp³-hybridized carbons (Fsp3) is 0.400. The van der Waals surface area contributed by atoms with E-state index in [0.717, 1.165) is 5.75 Å². The van der Waals surface area contributed by atoms with Crippen LogP contribution in [-0.4, -0.2) is 33.6 Å². The minimum atomic E-state index is -0.293. The molecule has 0 aliphatic rings. The molecule has 0 aliphatic carbocycles. The van der Waals surface area contributed by atoms with Gasteiger partial charge in [-0.3, -0.25) is 4.79 Å². The van der Waals surface area contributed by atoms with Crippen LogP contribution in [0.3, 0.4) is 0 Å². The SMILES string of the molecule is COC(=O)CSc1nnc(C(C)Oc2ccc(C)cc2)n1C. The van der Waals surface area contributed by atoms with Crippen molar-refractivity contribution < 1.29 is 14.3 Å². The topological polar surface area (TPSA) is 66.2 Å². The number of hydrogen-bond donors (Lipinski definition) is 0. The first-order chi connectivity index (χ1) is 10.5. The van der Waals surface area contributed by atoms with Gasteiger partial charge in [-0.15, -0.1) is 10.2 Å². The minimum absolute atomic E-state index is 0.204. The van der Waals surface area contributed by atoms with Gasteiger partial charge in [0, 0.05) is 7.05 Å². The number of esters is 1. The van der Waals surface area contributed by atoms with Crippen LogP contribution in [0.2, 0.25) is 0 Å². The van der Waals surface area contributed by atoms with Crippen molar-refractivity contribution in [1.82, 2.24) is 14.8 Å². The summed E-state index contributed by atoms with van der Waals surface area (Å²) < 4.78 is 12.3. The predicted octanol–water partition coefficient (Wildman–Crippen LogP) is 2.53. The lowest BCUT2D eigenvalue weighted by Crippen LogP contribution is -2.10. The Morgan fingerprint density at radius 2 is 2.00 bits per heavy atom. The van der Waals surface area contributed by atoms with Crippen LogP contribution in [0.25, 0.3) is 0 Å². The zero-order chi connectivity index (χ0) is 16.1. The van der Waals surface area contributed by atoms with Crippen molar-refractivity contribution in [2.75, 3.05) is 12.9 Å². The number of ether oxygens (including phenoxy) is 2. The second-order valence-electron chi connectivity index (χ2n) is 4.84. The number of benzene rings is 1. The molecule has 7 heteroatoms. The number of aromatic nitrogens is 3. The lowest BCUT2D eigenvalue weighted by Gasteiger charge is -2.14. The second kappa shape index (κ2) is 7.31. The molecule has 0 fully saturated rings. The number of nitrogens with zero attached hydrogens (tertiary/aromatic N) is 3. The molecule has 2 rings (SSSR count). The molecular weight excluding hydrogens is 302 g/mol. The third kappa shape index (κ3) is 4.00. The van der Waals surface area contributed by atoms with Crippen molar-refractivity contribution in [1.29, 1.82) is 0 Å². The standard InChI is InChI=1S/C15H19N3O3S/c1-10-5-7-12(8-6-10)21-11(2)14-16-17-15(18(14)3)22-9-13(19)20-4/h5-8,11H,9H2,1-4H3. The molecule has 0 bridgehead atoms. The highest BCUT2D eigenvalue weighted by atomic mass is 32.2. The first-order valence-electron chi connectivity index (χ1n) is 6.83. The van der Waals surface area contributed by atoms with Crippen LogP contribution in [0.4, 0.5) is 0 Å². The summed E-state index contributed by atoms with van der Waals surface area (Å²) in [7, 11) is 3.21. The van der Waals surface area contributed by atoms with E-state index in [0.29, 0.717) is 11.0 Å². The summed E-state index contributed by atoms with van der Waals surface area (Å²) in [6, 6.07) is 7.84. The van der Waals surface area contributed by atoms with Crippen molar-refractivity contribution in [2.45, 2.75) is 25.1 Å². The van der Waals surface area contributed by atoms with Crippen molar-refractivity contribution in [3.8, 4) is 5.75 Å². The average molecular weight is 321 g/mol. The van der Waals surface area contributed by atoms with Crippen LogP contribution in [0, 0.1) is 6.92 Å². The Morgan fingerprint density at radius 1 is 1.32 bits per heavy atom. The average Bonchev–Trinajstić information content (AvgIpc) is 2.88. The number of carbonyl (C=O) groups is 1.